The lowest BCUT2D eigenvalue weighted by Crippen LogP contribution is -2.28. The molecule has 23 heavy (non-hydrogen) atoms. The normalized spacial score (nSPS) is 10.8. The van der Waals surface area contributed by atoms with Crippen LogP contribution in [0, 0.1) is 0 Å². The molecular weight excluding hydrogens is 360 g/mol. The molecule has 1 N–H and O–H groups in total. The lowest BCUT2D eigenvalue weighted by Gasteiger charge is -2.19. The zero-order valence-electron chi connectivity index (χ0n) is 13.3. The summed E-state index contributed by atoms with van der Waals surface area (Å²) < 4.78 is 11.6. The van der Waals surface area contributed by atoms with Crippen molar-refractivity contribution in [2.24, 2.45) is 0 Å². The van der Waals surface area contributed by atoms with Crippen molar-refractivity contribution < 1.29 is 13.9 Å². The van der Waals surface area contributed by atoms with E-state index in [1.165, 1.54) is 0 Å². The number of furan rings is 1. The van der Waals surface area contributed by atoms with Gasteiger partial charge in [-0.2, -0.15) is 0 Å². The largest absolute Gasteiger partial charge is 0.490 e. The van der Waals surface area contributed by atoms with Gasteiger partial charge in [0.25, 0.3) is 5.91 Å². The van der Waals surface area contributed by atoms with E-state index in [4.69, 9.17) is 9.15 Å². The Labute approximate surface area is 144 Å². The summed E-state index contributed by atoms with van der Waals surface area (Å²) in [7, 11) is 0. The van der Waals surface area contributed by atoms with Crippen LogP contribution in [0.4, 0.5) is 5.69 Å². The number of halogens is 1. The molecule has 5 nitrogen and oxygen atoms in total. The first-order chi connectivity index (χ1) is 11.1. The highest BCUT2D eigenvalue weighted by atomic mass is 79.9. The molecule has 0 saturated heterocycles. The molecular formula is C17H21BrN2O3. The van der Waals surface area contributed by atoms with Gasteiger partial charge in [-0.3, -0.25) is 4.79 Å². The number of carbonyl (C=O) groups excluding carboxylic acids is 1. The van der Waals surface area contributed by atoms with Crippen molar-refractivity contribution in [3.63, 3.8) is 0 Å². The van der Waals surface area contributed by atoms with Gasteiger partial charge in [0.15, 0.2) is 10.4 Å². The zero-order chi connectivity index (χ0) is 16.7. The van der Waals surface area contributed by atoms with Gasteiger partial charge < -0.3 is 19.4 Å². The van der Waals surface area contributed by atoms with Gasteiger partial charge in [-0.1, -0.05) is 26.0 Å². The first kappa shape index (κ1) is 17.6. The zero-order valence-corrected chi connectivity index (χ0v) is 14.9. The molecule has 1 amide bonds. The van der Waals surface area contributed by atoms with Crippen molar-refractivity contribution in [3.05, 3.63) is 46.8 Å². The number of carbonyl (C=O) groups is 1. The number of nitrogens with one attached hydrogen (secondary N) is 1. The topological polar surface area (TPSA) is 54.7 Å². The second-order valence-corrected chi connectivity index (χ2v) is 5.71. The molecule has 0 bridgehead atoms. The van der Waals surface area contributed by atoms with Gasteiger partial charge >= 0.3 is 0 Å². The quantitative estimate of drug-likeness (QED) is 0.751. The molecule has 1 aromatic carbocycles. The maximum absolute atomic E-state index is 12.2. The van der Waals surface area contributed by atoms with Gasteiger partial charge in [-0.05, 0) is 53.3 Å². The SMILES string of the molecule is CCN(CC)CCOc1ccccc1NC(=O)c1ccc(Br)o1. The van der Waals surface area contributed by atoms with Crippen LogP contribution in [0.5, 0.6) is 5.75 Å². The highest BCUT2D eigenvalue weighted by molar-refractivity contribution is 9.10. The van der Waals surface area contributed by atoms with E-state index in [1.54, 1.807) is 12.1 Å². The smallest absolute Gasteiger partial charge is 0.291 e. The van der Waals surface area contributed by atoms with Crippen molar-refractivity contribution in [2.75, 3.05) is 31.6 Å². The molecule has 0 aliphatic heterocycles. The Hall–Kier alpha value is -1.79. The van der Waals surface area contributed by atoms with E-state index in [1.807, 2.05) is 24.3 Å². The number of rotatable bonds is 8. The number of anilines is 1. The summed E-state index contributed by atoms with van der Waals surface area (Å²) in [6.45, 7) is 7.65. The van der Waals surface area contributed by atoms with Crippen LogP contribution in [0.2, 0.25) is 0 Å². The minimum absolute atomic E-state index is 0.245. The molecule has 6 heteroatoms. The third-order valence-corrected chi connectivity index (χ3v) is 3.92. The maximum atomic E-state index is 12.2. The molecule has 1 aromatic heterocycles. The standard InChI is InChI=1S/C17H21BrN2O3/c1-3-20(4-2)11-12-22-14-8-6-5-7-13(14)19-17(21)15-9-10-16(18)23-15/h5-10H,3-4,11-12H2,1-2H3,(H,19,21). The fraction of sp³-hybridized carbons (Fsp3) is 0.353. The van der Waals surface area contributed by atoms with Crippen LogP contribution in [0.3, 0.4) is 0 Å². The molecule has 0 atom stereocenters. The Bertz CT molecular complexity index is 638. The molecule has 0 spiro atoms. The Balaban J connectivity index is 1.98. The third kappa shape index (κ3) is 5.11. The summed E-state index contributed by atoms with van der Waals surface area (Å²) in [6.07, 6.45) is 0. The second kappa shape index (κ2) is 8.74. The molecule has 1 heterocycles. The second-order valence-electron chi connectivity index (χ2n) is 4.93. The molecule has 0 unspecified atom stereocenters. The minimum Gasteiger partial charge on any atom is -0.490 e. The Morgan fingerprint density at radius 1 is 1.22 bits per heavy atom. The number of para-hydroxylation sites is 2. The van der Waals surface area contributed by atoms with E-state index >= 15 is 0 Å². The molecule has 2 aromatic rings. The van der Waals surface area contributed by atoms with Gasteiger partial charge in [0.1, 0.15) is 12.4 Å². The summed E-state index contributed by atoms with van der Waals surface area (Å²) in [4.78, 5) is 14.4. The number of amides is 1. The van der Waals surface area contributed by atoms with E-state index in [9.17, 15) is 4.79 Å². The van der Waals surface area contributed by atoms with Gasteiger partial charge in [0.2, 0.25) is 0 Å². The van der Waals surface area contributed by atoms with Crippen molar-refractivity contribution in [1.82, 2.24) is 4.90 Å². The number of hydrogen-bond donors (Lipinski definition) is 1. The van der Waals surface area contributed by atoms with Crippen LogP contribution in [-0.4, -0.2) is 37.0 Å². The van der Waals surface area contributed by atoms with Crippen LogP contribution >= 0.6 is 15.9 Å². The van der Waals surface area contributed by atoms with E-state index in [-0.39, 0.29) is 11.7 Å². The Morgan fingerprint density at radius 2 is 1.96 bits per heavy atom. The van der Waals surface area contributed by atoms with Crippen molar-refractivity contribution in [2.45, 2.75) is 13.8 Å². The maximum Gasteiger partial charge on any atom is 0.291 e. The number of benzene rings is 1. The summed E-state index contributed by atoms with van der Waals surface area (Å²) in [5, 5.41) is 2.81. The summed E-state index contributed by atoms with van der Waals surface area (Å²) >= 11 is 3.19. The average molecular weight is 381 g/mol. The van der Waals surface area contributed by atoms with E-state index in [0.717, 1.165) is 19.6 Å². The summed E-state index contributed by atoms with van der Waals surface area (Å²) in [6, 6.07) is 10.7. The van der Waals surface area contributed by atoms with Crippen molar-refractivity contribution >= 4 is 27.5 Å². The molecule has 0 aliphatic carbocycles. The fourth-order valence-electron chi connectivity index (χ4n) is 2.14. The Kier molecular flexibility index (Phi) is 6.67. The monoisotopic (exact) mass is 380 g/mol. The highest BCUT2D eigenvalue weighted by Crippen LogP contribution is 2.25. The number of likely N-dealkylation sites (N-methyl/N-ethyl adjacent to an activating group) is 1. The average Bonchev–Trinajstić information content (AvgIpc) is 3.00. The molecule has 124 valence electrons. The van der Waals surface area contributed by atoms with Gasteiger partial charge in [0.05, 0.1) is 5.69 Å². The van der Waals surface area contributed by atoms with E-state index < -0.39 is 0 Å². The molecule has 0 aliphatic rings. The molecule has 0 radical (unpaired) electrons. The lowest BCUT2D eigenvalue weighted by molar-refractivity contribution is 0.0995. The van der Waals surface area contributed by atoms with Gasteiger partial charge in [-0.25, -0.2) is 0 Å². The predicted molar refractivity (Wildman–Crippen MR) is 94.1 cm³/mol. The van der Waals surface area contributed by atoms with Crippen LogP contribution in [0.25, 0.3) is 0 Å². The van der Waals surface area contributed by atoms with Gasteiger partial charge in [0, 0.05) is 6.54 Å². The first-order valence-electron chi connectivity index (χ1n) is 7.65. The molecule has 0 fully saturated rings. The Morgan fingerprint density at radius 3 is 2.61 bits per heavy atom. The number of hydrogen-bond acceptors (Lipinski definition) is 4. The van der Waals surface area contributed by atoms with Crippen molar-refractivity contribution in [3.8, 4) is 5.75 Å². The van der Waals surface area contributed by atoms with E-state index in [2.05, 4.69) is 40.0 Å². The highest BCUT2D eigenvalue weighted by Gasteiger charge is 2.13. The minimum atomic E-state index is -0.310. The van der Waals surface area contributed by atoms with Crippen LogP contribution in [-0.2, 0) is 0 Å². The third-order valence-electron chi connectivity index (χ3n) is 3.49. The lowest BCUT2D eigenvalue weighted by atomic mass is 10.3. The van der Waals surface area contributed by atoms with Crippen LogP contribution in [0.1, 0.15) is 24.4 Å². The number of nitrogens with zero attached hydrogens (tertiary/aromatic N) is 1. The summed E-state index contributed by atoms with van der Waals surface area (Å²) in [5.41, 5.74) is 0.629. The molecule has 2 rings (SSSR count). The molecule has 0 saturated carbocycles. The summed E-state index contributed by atoms with van der Waals surface area (Å²) in [5.74, 6) is 0.587. The van der Waals surface area contributed by atoms with Gasteiger partial charge in [-0.15, -0.1) is 0 Å². The first-order valence-corrected chi connectivity index (χ1v) is 8.44. The van der Waals surface area contributed by atoms with Crippen LogP contribution in [0.15, 0.2) is 45.5 Å². The van der Waals surface area contributed by atoms with Crippen molar-refractivity contribution in [1.29, 1.82) is 0 Å². The number of ether oxygens (including phenoxy) is 1. The van der Waals surface area contributed by atoms with E-state index in [0.29, 0.717) is 22.7 Å². The fourth-order valence-corrected chi connectivity index (χ4v) is 2.45. The predicted octanol–water partition coefficient (Wildman–Crippen LogP) is 4.02. The van der Waals surface area contributed by atoms with Crippen LogP contribution < -0.4 is 10.1 Å².